The zero-order chi connectivity index (χ0) is 10.1. The number of aliphatic hydroxyl groups is 1. The number of rotatable bonds is 3. The maximum absolute atomic E-state index is 11.0. The highest BCUT2D eigenvalue weighted by Crippen LogP contribution is 2.38. The molecule has 2 rings (SSSR count). The average Bonchev–Trinajstić information content (AvgIpc) is 2.51. The molecule has 0 saturated heterocycles. The Morgan fingerprint density at radius 1 is 1.71 bits per heavy atom. The molecule has 0 spiro atoms. The lowest BCUT2D eigenvalue weighted by molar-refractivity contribution is 0.0872. The van der Waals surface area contributed by atoms with Crippen LogP contribution in [0.2, 0.25) is 0 Å². The topological polar surface area (TPSA) is 81.1 Å². The fourth-order valence-corrected chi connectivity index (χ4v) is 1.90. The lowest BCUT2D eigenvalue weighted by atomic mass is 9.80. The molecule has 1 saturated carbocycles. The normalized spacial score (nSPS) is 25.8. The van der Waals surface area contributed by atoms with Crippen molar-refractivity contribution in [1.82, 2.24) is 9.55 Å². The van der Waals surface area contributed by atoms with Gasteiger partial charge in [0.15, 0.2) is 5.82 Å². The van der Waals surface area contributed by atoms with Gasteiger partial charge in [-0.05, 0) is 12.8 Å². The Hall–Kier alpha value is -1.36. The van der Waals surface area contributed by atoms with Crippen LogP contribution in [0.4, 0.5) is 0 Å². The first-order valence-electron chi connectivity index (χ1n) is 4.67. The van der Waals surface area contributed by atoms with E-state index in [0.717, 1.165) is 12.8 Å². The maximum Gasteiger partial charge on any atom is 0.284 e. The molecule has 0 bridgehead atoms. The van der Waals surface area contributed by atoms with Gasteiger partial charge in [-0.3, -0.25) is 4.79 Å². The van der Waals surface area contributed by atoms with Crippen molar-refractivity contribution in [2.75, 3.05) is 6.61 Å². The van der Waals surface area contributed by atoms with Crippen LogP contribution in [0, 0.1) is 5.92 Å². The fourth-order valence-electron chi connectivity index (χ4n) is 1.90. The standard InChI is InChI=1S/C9H13N3O2/c10-8(14)9-11-3-4-12(9)7-2-1-6(7)5-13/h3-4,6-7,13H,1-2,5H2,(H2,10,14). The predicted octanol–water partition coefficient (Wildman–Crippen LogP) is -0.0746. The van der Waals surface area contributed by atoms with Crippen molar-refractivity contribution in [3.05, 3.63) is 18.2 Å². The maximum atomic E-state index is 11.0. The number of hydrogen-bond acceptors (Lipinski definition) is 3. The van der Waals surface area contributed by atoms with Crippen molar-refractivity contribution in [1.29, 1.82) is 0 Å². The Balaban J connectivity index is 2.23. The number of carbonyl (C=O) groups excluding carboxylic acids is 1. The van der Waals surface area contributed by atoms with Gasteiger partial charge < -0.3 is 15.4 Å². The van der Waals surface area contributed by atoms with Crippen LogP contribution in [0.5, 0.6) is 0 Å². The Morgan fingerprint density at radius 3 is 3.00 bits per heavy atom. The van der Waals surface area contributed by atoms with E-state index in [-0.39, 0.29) is 24.4 Å². The lowest BCUT2D eigenvalue weighted by Crippen LogP contribution is -2.34. The highest BCUT2D eigenvalue weighted by atomic mass is 16.3. The molecule has 1 fully saturated rings. The van der Waals surface area contributed by atoms with Gasteiger partial charge in [0.05, 0.1) is 0 Å². The van der Waals surface area contributed by atoms with Crippen LogP contribution >= 0.6 is 0 Å². The van der Waals surface area contributed by atoms with Crippen molar-refractivity contribution in [3.8, 4) is 0 Å². The number of imidazole rings is 1. The largest absolute Gasteiger partial charge is 0.396 e. The van der Waals surface area contributed by atoms with E-state index in [2.05, 4.69) is 4.98 Å². The van der Waals surface area contributed by atoms with Crippen LogP contribution < -0.4 is 5.73 Å². The molecule has 1 aliphatic rings. The third kappa shape index (κ3) is 1.29. The summed E-state index contributed by atoms with van der Waals surface area (Å²) in [5.41, 5.74) is 5.18. The summed E-state index contributed by atoms with van der Waals surface area (Å²) in [4.78, 5) is 14.9. The number of hydrogen-bond donors (Lipinski definition) is 2. The van der Waals surface area contributed by atoms with Gasteiger partial charge >= 0.3 is 0 Å². The van der Waals surface area contributed by atoms with E-state index in [4.69, 9.17) is 10.8 Å². The SMILES string of the molecule is NC(=O)c1nccn1C1CCC1CO. The van der Waals surface area contributed by atoms with Crippen LogP contribution in [0.1, 0.15) is 29.5 Å². The summed E-state index contributed by atoms with van der Waals surface area (Å²) in [5, 5.41) is 9.03. The number of carbonyl (C=O) groups is 1. The summed E-state index contributed by atoms with van der Waals surface area (Å²) < 4.78 is 1.77. The van der Waals surface area contributed by atoms with Crippen LogP contribution in [0.3, 0.4) is 0 Å². The third-order valence-electron chi connectivity index (χ3n) is 2.86. The van der Waals surface area contributed by atoms with Crippen molar-refractivity contribution in [2.24, 2.45) is 11.7 Å². The van der Waals surface area contributed by atoms with E-state index in [0.29, 0.717) is 0 Å². The smallest absolute Gasteiger partial charge is 0.284 e. The van der Waals surface area contributed by atoms with Crippen LogP contribution in [-0.2, 0) is 0 Å². The van der Waals surface area contributed by atoms with Crippen molar-refractivity contribution in [3.63, 3.8) is 0 Å². The molecule has 5 heteroatoms. The molecule has 2 atom stereocenters. The third-order valence-corrected chi connectivity index (χ3v) is 2.86. The monoisotopic (exact) mass is 195 g/mol. The first-order valence-corrected chi connectivity index (χ1v) is 4.67. The predicted molar refractivity (Wildman–Crippen MR) is 49.6 cm³/mol. The van der Waals surface area contributed by atoms with Gasteiger partial charge in [-0.1, -0.05) is 0 Å². The highest BCUT2D eigenvalue weighted by molar-refractivity contribution is 5.89. The first kappa shape index (κ1) is 9.21. The van der Waals surface area contributed by atoms with E-state index >= 15 is 0 Å². The number of aromatic nitrogens is 2. The number of nitrogens with zero attached hydrogens (tertiary/aromatic N) is 2. The molecule has 1 amide bonds. The quantitative estimate of drug-likeness (QED) is 0.708. The van der Waals surface area contributed by atoms with E-state index in [1.54, 1.807) is 17.0 Å². The molecule has 14 heavy (non-hydrogen) atoms. The van der Waals surface area contributed by atoms with Crippen molar-refractivity contribution in [2.45, 2.75) is 18.9 Å². The van der Waals surface area contributed by atoms with Crippen LogP contribution in [0.15, 0.2) is 12.4 Å². The molecule has 1 heterocycles. The molecular formula is C9H13N3O2. The molecule has 0 aliphatic heterocycles. The first-order chi connectivity index (χ1) is 6.74. The lowest BCUT2D eigenvalue weighted by Gasteiger charge is -2.36. The van der Waals surface area contributed by atoms with Gasteiger partial charge in [0.1, 0.15) is 0 Å². The molecule has 1 aliphatic carbocycles. The minimum atomic E-state index is -0.515. The Bertz CT molecular complexity index is 346. The number of aliphatic hydroxyl groups excluding tert-OH is 1. The molecule has 1 aromatic heterocycles. The van der Waals surface area contributed by atoms with Gasteiger partial charge in [0, 0.05) is 31.0 Å². The van der Waals surface area contributed by atoms with E-state index in [1.807, 2.05) is 0 Å². The number of primary amides is 1. The van der Waals surface area contributed by atoms with Gasteiger partial charge in [-0.2, -0.15) is 0 Å². The molecule has 3 N–H and O–H groups in total. The minimum absolute atomic E-state index is 0.154. The van der Waals surface area contributed by atoms with Crippen molar-refractivity contribution >= 4 is 5.91 Å². The summed E-state index contributed by atoms with van der Waals surface area (Å²) in [6.07, 6.45) is 5.28. The molecule has 5 nitrogen and oxygen atoms in total. The molecular weight excluding hydrogens is 182 g/mol. The molecule has 76 valence electrons. The summed E-state index contributed by atoms with van der Waals surface area (Å²) in [5.74, 6) is 0.00837. The van der Waals surface area contributed by atoms with Crippen LogP contribution in [-0.4, -0.2) is 27.2 Å². The Morgan fingerprint density at radius 2 is 2.50 bits per heavy atom. The Kier molecular flexibility index (Phi) is 2.25. The second kappa shape index (κ2) is 3.42. The second-order valence-corrected chi connectivity index (χ2v) is 3.61. The van der Waals surface area contributed by atoms with Gasteiger partial charge in [0.25, 0.3) is 5.91 Å². The summed E-state index contributed by atoms with van der Waals surface area (Å²) in [7, 11) is 0. The average molecular weight is 195 g/mol. The van der Waals surface area contributed by atoms with Gasteiger partial charge in [-0.15, -0.1) is 0 Å². The van der Waals surface area contributed by atoms with Gasteiger partial charge in [0.2, 0.25) is 0 Å². The zero-order valence-corrected chi connectivity index (χ0v) is 7.76. The van der Waals surface area contributed by atoms with E-state index < -0.39 is 5.91 Å². The number of nitrogens with two attached hydrogens (primary N) is 1. The van der Waals surface area contributed by atoms with E-state index in [9.17, 15) is 4.79 Å². The highest BCUT2D eigenvalue weighted by Gasteiger charge is 2.33. The Labute approximate surface area is 81.5 Å². The summed E-state index contributed by atoms with van der Waals surface area (Å²) in [6, 6.07) is 0.185. The van der Waals surface area contributed by atoms with Gasteiger partial charge in [-0.25, -0.2) is 4.98 Å². The minimum Gasteiger partial charge on any atom is -0.396 e. The fraction of sp³-hybridized carbons (Fsp3) is 0.556. The zero-order valence-electron chi connectivity index (χ0n) is 7.76. The second-order valence-electron chi connectivity index (χ2n) is 3.61. The van der Waals surface area contributed by atoms with Crippen molar-refractivity contribution < 1.29 is 9.90 Å². The summed E-state index contributed by atoms with van der Waals surface area (Å²) in [6.45, 7) is 0.154. The van der Waals surface area contributed by atoms with E-state index in [1.165, 1.54) is 0 Å². The molecule has 1 aromatic rings. The molecule has 2 unspecified atom stereocenters. The summed E-state index contributed by atoms with van der Waals surface area (Å²) >= 11 is 0. The number of amides is 1. The molecule has 0 radical (unpaired) electrons. The van der Waals surface area contributed by atoms with Crippen LogP contribution in [0.25, 0.3) is 0 Å². The molecule has 0 aromatic carbocycles.